The third kappa shape index (κ3) is 4.43. The van der Waals surface area contributed by atoms with Gasteiger partial charge in [0.15, 0.2) is 6.61 Å². The van der Waals surface area contributed by atoms with E-state index in [0.717, 1.165) is 27.3 Å². The third-order valence-electron chi connectivity index (χ3n) is 2.98. The molecule has 0 aliphatic carbocycles. The summed E-state index contributed by atoms with van der Waals surface area (Å²) in [4.78, 5) is 12.7. The molecule has 0 aliphatic heterocycles. The lowest BCUT2D eigenvalue weighted by Crippen LogP contribution is -2.24. The molecule has 0 atom stereocenters. The van der Waals surface area contributed by atoms with Crippen molar-refractivity contribution in [1.29, 1.82) is 0 Å². The molecule has 4 nitrogen and oxygen atoms in total. The topological polar surface area (TPSA) is 50.7 Å². The number of thiophene rings is 1. The minimum absolute atomic E-state index is 0.0505. The summed E-state index contributed by atoms with van der Waals surface area (Å²) in [5.41, 5.74) is 5.71. The van der Waals surface area contributed by atoms with E-state index in [2.05, 4.69) is 10.5 Å². The fraction of sp³-hybridized carbons (Fsp3) is 0.250. The van der Waals surface area contributed by atoms with E-state index >= 15 is 0 Å². The second-order valence-corrected chi connectivity index (χ2v) is 5.77. The Kier molecular flexibility index (Phi) is 5.11. The number of nitrogens with one attached hydrogen (secondary N) is 1. The van der Waals surface area contributed by atoms with Gasteiger partial charge in [-0.1, -0.05) is 12.1 Å². The largest absolute Gasteiger partial charge is 0.483 e. The van der Waals surface area contributed by atoms with Crippen LogP contribution in [0.5, 0.6) is 5.75 Å². The Balaban J connectivity index is 1.84. The van der Waals surface area contributed by atoms with Crippen molar-refractivity contribution in [2.24, 2.45) is 5.10 Å². The fourth-order valence-corrected chi connectivity index (χ4v) is 2.50. The Bertz CT molecular complexity index is 662. The molecular weight excluding hydrogens is 284 g/mol. The van der Waals surface area contributed by atoms with Crippen molar-refractivity contribution in [3.05, 3.63) is 51.2 Å². The second kappa shape index (κ2) is 7.04. The maximum absolute atomic E-state index is 11.7. The van der Waals surface area contributed by atoms with Gasteiger partial charge in [0.05, 0.1) is 6.21 Å². The Morgan fingerprint density at radius 3 is 2.81 bits per heavy atom. The van der Waals surface area contributed by atoms with E-state index in [1.807, 2.05) is 50.4 Å². The molecule has 5 heteroatoms. The van der Waals surface area contributed by atoms with Gasteiger partial charge in [0.1, 0.15) is 5.75 Å². The molecule has 110 valence electrons. The van der Waals surface area contributed by atoms with Crippen molar-refractivity contribution >= 4 is 23.5 Å². The van der Waals surface area contributed by atoms with Crippen molar-refractivity contribution in [3.63, 3.8) is 0 Å². The van der Waals surface area contributed by atoms with Gasteiger partial charge in [0.25, 0.3) is 5.91 Å². The molecule has 1 N–H and O–H groups in total. The van der Waals surface area contributed by atoms with E-state index in [0.29, 0.717) is 0 Å². The Morgan fingerprint density at radius 1 is 1.29 bits per heavy atom. The number of hydrazone groups is 1. The minimum Gasteiger partial charge on any atom is -0.483 e. The van der Waals surface area contributed by atoms with Crippen LogP contribution in [0.2, 0.25) is 0 Å². The molecule has 1 amide bonds. The van der Waals surface area contributed by atoms with Crippen LogP contribution < -0.4 is 10.2 Å². The average Bonchev–Trinajstić information content (AvgIpc) is 2.85. The molecular formula is C16H18N2O2S. The number of benzene rings is 1. The van der Waals surface area contributed by atoms with Crippen LogP contribution in [0.3, 0.4) is 0 Å². The van der Waals surface area contributed by atoms with E-state index < -0.39 is 0 Å². The smallest absolute Gasteiger partial charge is 0.277 e. The van der Waals surface area contributed by atoms with Gasteiger partial charge < -0.3 is 4.74 Å². The summed E-state index contributed by atoms with van der Waals surface area (Å²) in [6.07, 6.45) is 1.65. The summed E-state index contributed by atoms with van der Waals surface area (Å²) in [6, 6.07) is 7.91. The molecule has 0 spiro atoms. The van der Waals surface area contributed by atoms with Gasteiger partial charge in [0.2, 0.25) is 0 Å². The van der Waals surface area contributed by atoms with Crippen LogP contribution >= 0.6 is 11.3 Å². The maximum atomic E-state index is 11.7. The highest BCUT2D eigenvalue weighted by Gasteiger charge is 2.04. The van der Waals surface area contributed by atoms with E-state index in [1.54, 1.807) is 17.6 Å². The molecule has 1 heterocycles. The van der Waals surface area contributed by atoms with Crippen LogP contribution in [-0.4, -0.2) is 18.7 Å². The number of nitrogens with zero attached hydrogens (tertiary/aromatic N) is 1. The maximum Gasteiger partial charge on any atom is 0.277 e. The quantitative estimate of drug-likeness (QED) is 0.681. The molecule has 0 radical (unpaired) electrons. The number of ether oxygens (including phenoxy) is 1. The fourth-order valence-electron chi connectivity index (χ4n) is 1.72. The zero-order valence-electron chi connectivity index (χ0n) is 12.3. The number of amides is 1. The summed E-state index contributed by atoms with van der Waals surface area (Å²) in [5, 5.41) is 5.92. The summed E-state index contributed by atoms with van der Waals surface area (Å²) < 4.78 is 5.51. The van der Waals surface area contributed by atoms with E-state index in [4.69, 9.17) is 4.74 Å². The van der Waals surface area contributed by atoms with Gasteiger partial charge in [-0.3, -0.25) is 4.79 Å². The number of carbonyl (C=O) groups is 1. The van der Waals surface area contributed by atoms with Crippen molar-refractivity contribution < 1.29 is 9.53 Å². The first-order valence-electron chi connectivity index (χ1n) is 6.62. The first kappa shape index (κ1) is 15.3. The molecule has 0 fully saturated rings. The highest BCUT2D eigenvalue weighted by atomic mass is 32.1. The van der Waals surface area contributed by atoms with Crippen LogP contribution in [0.1, 0.15) is 21.6 Å². The molecule has 2 rings (SSSR count). The third-order valence-corrected chi connectivity index (χ3v) is 3.93. The van der Waals surface area contributed by atoms with Crippen LogP contribution in [0, 0.1) is 20.8 Å². The Morgan fingerprint density at radius 2 is 2.10 bits per heavy atom. The predicted molar refractivity (Wildman–Crippen MR) is 86.2 cm³/mol. The van der Waals surface area contributed by atoms with Crippen molar-refractivity contribution in [2.75, 3.05) is 6.61 Å². The zero-order chi connectivity index (χ0) is 15.2. The summed E-state index contributed by atoms with van der Waals surface area (Å²) in [7, 11) is 0. The number of hydrogen-bond donors (Lipinski definition) is 1. The van der Waals surface area contributed by atoms with Crippen LogP contribution in [0.4, 0.5) is 0 Å². The first-order chi connectivity index (χ1) is 10.1. The molecule has 1 aromatic carbocycles. The molecule has 0 aliphatic rings. The van der Waals surface area contributed by atoms with Crippen molar-refractivity contribution in [1.82, 2.24) is 5.43 Å². The lowest BCUT2D eigenvalue weighted by Gasteiger charge is -2.08. The number of aryl methyl sites for hydroxylation is 3. The summed E-state index contributed by atoms with van der Waals surface area (Å²) >= 11 is 1.58. The number of carbonyl (C=O) groups excluding carboxylic acids is 1. The van der Waals surface area contributed by atoms with Gasteiger partial charge in [-0.2, -0.15) is 5.10 Å². The van der Waals surface area contributed by atoms with Crippen molar-refractivity contribution in [2.45, 2.75) is 20.8 Å². The van der Waals surface area contributed by atoms with Gasteiger partial charge in [-0.15, -0.1) is 11.3 Å². The number of rotatable bonds is 5. The van der Waals surface area contributed by atoms with E-state index in [1.165, 1.54) is 0 Å². The molecule has 0 bridgehead atoms. The van der Waals surface area contributed by atoms with Crippen LogP contribution in [0.15, 0.2) is 34.7 Å². The Hall–Kier alpha value is -2.14. The second-order valence-electron chi connectivity index (χ2n) is 4.82. The molecule has 0 saturated carbocycles. The lowest BCUT2D eigenvalue weighted by molar-refractivity contribution is -0.123. The monoisotopic (exact) mass is 302 g/mol. The van der Waals surface area contributed by atoms with E-state index in [9.17, 15) is 4.79 Å². The molecule has 1 aromatic heterocycles. The zero-order valence-corrected chi connectivity index (χ0v) is 13.2. The highest BCUT2D eigenvalue weighted by molar-refractivity contribution is 7.11. The van der Waals surface area contributed by atoms with Crippen molar-refractivity contribution in [3.8, 4) is 5.75 Å². The molecule has 0 unspecified atom stereocenters. The normalized spacial score (nSPS) is 10.8. The minimum atomic E-state index is -0.277. The highest BCUT2D eigenvalue weighted by Crippen LogP contribution is 2.18. The summed E-state index contributed by atoms with van der Waals surface area (Å²) in [5.74, 6) is 0.449. The molecule has 0 saturated heterocycles. The molecule has 2 aromatic rings. The van der Waals surface area contributed by atoms with E-state index in [-0.39, 0.29) is 12.5 Å². The van der Waals surface area contributed by atoms with Crippen LogP contribution in [-0.2, 0) is 4.79 Å². The van der Waals surface area contributed by atoms with Gasteiger partial charge in [0, 0.05) is 4.88 Å². The summed E-state index contributed by atoms with van der Waals surface area (Å²) in [6.45, 7) is 5.89. The Labute approximate surface area is 128 Å². The first-order valence-corrected chi connectivity index (χ1v) is 7.50. The van der Waals surface area contributed by atoms with Crippen LogP contribution in [0.25, 0.3) is 0 Å². The standard InChI is InChI=1S/C16H18N2O2S/c1-11-4-5-12(2)14(8-11)20-10-16(19)18-17-9-15-13(3)6-7-21-15/h4-9H,10H2,1-3H3,(H,18,19)/b17-9+. The average molecular weight is 302 g/mol. The molecule has 21 heavy (non-hydrogen) atoms. The SMILES string of the molecule is Cc1ccc(C)c(OCC(=O)N/N=C/c2sccc2C)c1. The number of hydrogen-bond acceptors (Lipinski definition) is 4. The lowest BCUT2D eigenvalue weighted by atomic mass is 10.1. The predicted octanol–water partition coefficient (Wildman–Crippen LogP) is 3.20. The van der Waals surface area contributed by atoms with Gasteiger partial charge in [-0.05, 0) is 55.0 Å². The van der Waals surface area contributed by atoms with Gasteiger partial charge in [-0.25, -0.2) is 5.43 Å². The van der Waals surface area contributed by atoms with Gasteiger partial charge >= 0.3 is 0 Å².